The van der Waals surface area contributed by atoms with Crippen LogP contribution in [0, 0.1) is 13.8 Å². The first-order valence-electron chi connectivity index (χ1n) is 7.15. The molecule has 108 valence electrons. The smallest absolute Gasteiger partial charge is 0.0704 e. The Labute approximate surface area is 134 Å². The van der Waals surface area contributed by atoms with E-state index in [-0.39, 0.29) is 0 Å². The van der Waals surface area contributed by atoms with Gasteiger partial charge in [0, 0.05) is 10.9 Å². The van der Waals surface area contributed by atoms with Crippen LogP contribution in [0.4, 0.5) is 0 Å². The van der Waals surface area contributed by atoms with Crippen molar-refractivity contribution in [1.82, 2.24) is 5.32 Å². The maximum Gasteiger partial charge on any atom is 0.0704 e. The summed E-state index contributed by atoms with van der Waals surface area (Å²) in [5.41, 5.74) is 4.14. The topological polar surface area (TPSA) is 12.0 Å². The summed E-state index contributed by atoms with van der Waals surface area (Å²) in [6.45, 7) is 7.62. The van der Waals surface area contributed by atoms with Crippen LogP contribution in [0.15, 0.2) is 34.1 Å². The normalized spacial score (nSPS) is 12.6. The van der Waals surface area contributed by atoms with Gasteiger partial charge in [-0.05, 0) is 66.4 Å². The summed E-state index contributed by atoms with van der Waals surface area (Å²) in [5.74, 6) is 0. The van der Waals surface area contributed by atoms with Gasteiger partial charge >= 0.3 is 0 Å². The van der Waals surface area contributed by atoms with E-state index in [1.165, 1.54) is 25.4 Å². The molecule has 0 saturated heterocycles. The predicted octanol–water partition coefficient (Wildman–Crippen LogP) is 5.41. The number of aryl methyl sites for hydroxylation is 2. The minimum Gasteiger partial charge on any atom is -0.310 e. The maximum atomic E-state index is 3.69. The largest absolute Gasteiger partial charge is 0.310 e. The van der Waals surface area contributed by atoms with E-state index in [1.54, 1.807) is 0 Å². The Balaban J connectivity index is 2.19. The van der Waals surface area contributed by atoms with Crippen molar-refractivity contribution in [3.8, 4) is 0 Å². The fraction of sp³-hybridized carbons (Fsp3) is 0.412. The van der Waals surface area contributed by atoms with E-state index >= 15 is 0 Å². The lowest BCUT2D eigenvalue weighted by molar-refractivity contribution is 0.528. The standard InChI is InChI=1S/C17H22BrNS/c1-4-9-19-16(15-11-17(18)20-13(15)3)10-14-7-5-12(2)6-8-14/h5-8,11,16,19H,4,9-10H2,1-3H3. The molecule has 20 heavy (non-hydrogen) atoms. The van der Waals surface area contributed by atoms with Crippen LogP contribution in [-0.2, 0) is 6.42 Å². The van der Waals surface area contributed by atoms with Crippen molar-refractivity contribution in [3.63, 3.8) is 0 Å². The molecule has 0 aliphatic heterocycles. The third-order valence-corrected chi connectivity index (χ3v) is 5.07. The molecule has 1 nitrogen and oxygen atoms in total. The van der Waals surface area contributed by atoms with E-state index in [4.69, 9.17) is 0 Å². The lowest BCUT2D eigenvalue weighted by atomic mass is 9.98. The molecule has 3 heteroatoms. The molecule has 1 aromatic heterocycles. The zero-order chi connectivity index (χ0) is 14.5. The van der Waals surface area contributed by atoms with E-state index < -0.39 is 0 Å². The van der Waals surface area contributed by atoms with Gasteiger partial charge in [0.1, 0.15) is 0 Å². The Morgan fingerprint density at radius 2 is 1.90 bits per heavy atom. The molecule has 1 aromatic carbocycles. The van der Waals surface area contributed by atoms with Crippen LogP contribution in [0.5, 0.6) is 0 Å². The number of nitrogens with one attached hydrogen (secondary N) is 1. The van der Waals surface area contributed by atoms with E-state index in [0.29, 0.717) is 6.04 Å². The highest BCUT2D eigenvalue weighted by Crippen LogP contribution is 2.32. The van der Waals surface area contributed by atoms with Crippen molar-refractivity contribution in [2.75, 3.05) is 6.54 Å². The molecule has 0 bridgehead atoms. The first-order valence-corrected chi connectivity index (χ1v) is 8.76. The Morgan fingerprint density at radius 3 is 2.45 bits per heavy atom. The fourth-order valence-electron chi connectivity index (χ4n) is 2.37. The monoisotopic (exact) mass is 351 g/mol. The van der Waals surface area contributed by atoms with Crippen molar-refractivity contribution in [1.29, 1.82) is 0 Å². The number of hydrogen-bond acceptors (Lipinski definition) is 2. The molecule has 0 aliphatic rings. The molecule has 1 unspecified atom stereocenters. The Kier molecular flexibility index (Phi) is 5.82. The highest BCUT2D eigenvalue weighted by molar-refractivity contribution is 9.11. The zero-order valence-electron chi connectivity index (χ0n) is 12.4. The van der Waals surface area contributed by atoms with Gasteiger partial charge in [0.2, 0.25) is 0 Å². The maximum absolute atomic E-state index is 3.69. The summed E-state index contributed by atoms with van der Waals surface area (Å²) in [7, 11) is 0. The van der Waals surface area contributed by atoms with E-state index in [0.717, 1.165) is 19.4 Å². The molecule has 0 aliphatic carbocycles. The van der Waals surface area contributed by atoms with Crippen molar-refractivity contribution in [2.45, 2.75) is 39.7 Å². The Bertz CT molecular complexity index is 545. The van der Waals surface area contributed by atoms with Gasteiger partial charge in [-0.2, -0.15) is 0 Å². The van der Waals surface area contributed by atoms with Gasteiger partial charge in [-0.1, -0.05) is 36.8 Å². The first kappa shape index (κ1) is 15.7. The highest BCUT2D eigenvalue weighted by Gasteiger charge is 2.16. The van der Waals surface area contributed by atoms with E-state index in [9.17, 15) is 0 Å². The SMILES string of the molecule is CCCNC(Cc1ccc(C)cc1)c1cc(Br)sc1C. The minimum absolute atomic E-state index is 0.403. The van der Waals surface area contributed by atoms with Crippen molar-refractivity contribution in [3.05, 3.63) is 55.7 Å². The van der Waals surface area contributed by atoms with Crippen LogP contribution in [0.1, 0.15) is 41.0 Å². The van der Waals surface area contributed by atoms with Gasteiger partial charge in [-0.15, -0.1) is 11.3 Å². The molecule has 0 spiro atoms. The Hall–Kier alpha value is -0.640. The van der Waals surface area contributed by atoms with Gasteiger partial charge in [-0.25, -0.2) is 0 Å². The van der Waals surface area contributed by atoms with Crippen LogP contribution < -0.4 is 5.32 Å². The summed E-state index contributed by atoms with van der Waals surface area (Å²) >= 11 is 5.43. The molecular weight excluding hydrogens is 330 g/mol. The quantitative estimate of drug-likeness (QED) is 0.733. The summed E-state index contributed by atoms with van der Waals surface area (Å²) in [6.07, 6.45) is 2.21. The molecule has 1 atom stereocenters. The van der Waals surface area contributed by atoms with Gasteiger partial charge in [-0.3, -0.25) is 0 Å². The molecule has 1 N–H and O–H groups in total. The summed E-state index contributed by atoms with van der Waals surface area (Å²) in [5, 5.41) is 3.69. The molecule has 1 heterocycles. The number of halogens is 1. The second-order valence-electron chi connectivity index (χ2n) is 5.26. The minimum atomic E-state index is 0.403. The van der Waals surface area contributed by atoms with E-state index in [1.807, 2.05) is 11.3 Å². The molecule has 0 saturated carbocycles. The van der Waals surface area contributed by atoms with Gasteiger partial charge in [0.25, 0.3) is 0 Å². The van der Waals surface area contributed by atoms with Crippen molar-refractivity contribution in [2.24, 2.45) is 0 Å². The lowest BCUT2D eigenvalue weighted by Crippen LogP contribution is -2.24. The van der Waals surface area contributed by atoms with Crippen molar-refractivity contribution >= 4 is 27.3 Å². The lowest BCUT2D eigenvalue weighted by Gasteiger charge is -2.19. The fourth-order valence-corrected chi connectivity index (χ4v) is 4.15. The summed E-state index contributed by atoms with van der Waals surface area (Å²) in [6, 6.07) is 11.5. The average Bonchev–Trinajstić information content (AvgIpc) is 2.76. The van der Waals surface area contributed by atoms with Crippen molar-refractivity contribution < 1.29 is 0 Å². The van der Waals surface area contributed by atoms with Crippen LogP contribution >= 0.6 is 27.3 Å². The Morgan fingerprint density at radius 1 is 1.20 bits per heavy atom. The molecule has 0 radical (unpaired) electrons. The number of hydrogen-bond donors (Lipinski definition) is 1. The second kappa shape index (κ2) is 7.39. The van der Waals surface area contributed by atoms with Gasteiger partial charge in [0.05, 0.1) is 3.79 Å². The predicted molar refractivity (Wildman–Crippen MR) is 92.7 cm³/mol. The van der Waals surface area contributed by atoms with E-state index in [2.05, 4.69) is 72.3 Å². The molecule has 0 amide bonds. The van der Waals surface area contributed by atoms with Gasteiger partial charge in [0.15, 0.2) is 0 Å². The third kappa shape index (κ3) is 4.18. The molecular formula is C17H22BrNS. The van der Waals surface area contributed by atoms with Crippen LogP contribution in [0.3, 0.4) is 0 Å². The highest BCUT2D eigenvalue weighted by atomic mass is 79.9. The molecule has 0 fully saturated rings. The summed E-state index contributed by atoms with van der Waals surface area (Å²) in [4.78, 5) is 1.40. The number of benzene rings is 1. The molecule has 2 aromatic rings. The number of thiophene rings is 1. The summed E-state index contributed by atoms with van der Waals surface area (Å²) < 4.78 is 1.22. The van der Waals surface area contributed by atoms with Crippen LogP contribution in [-0.4, -0.2) is 6.54 Å². The second-order valence-corrected chi connectivity index (χ2v) is 7.89. The van der Waals surface area contributed by atoms with Crippen LogP contribution in [0.25, 0.3) is 0 Å². The van der Waals surface area contributed by atoms with Crippen LogP contribution in [0.2, 0.25) is 0 Å². The third-order valence-electron chi connectivity index (χ3n) is 3.50. The zero-order valence-corrected chi connectivity index (χ0v) is 14.8. The first-order chi connectivity index (χ1) is 9.60. The molecule has 2 rings (SSSR count). The van der Waals surface area contributed by atoms with Gasteiger partial charge < -0.3 is 5.32 Å². The number of rotatable bonds is 6. The average molecular weight is 352 g/mol.